The summed E-state index contributed by atoms with van der Waals surface area (Å²) in [6.45, 7) is 6.38. The summed E-state index contributed by atoms with van der Waals surface area (Å²) in [6.07, 6.45) is 4.31. The molecule has 1 aliphatic rings. The van der Waals surface area contributed by atoms with E-state index in [2.05, 4.69) is 30.2 Å². The summed E-state index contributed by atoms with van der Waals surface area (Å²) in [5.41, 5.74) is 7.55. The van der Waals surface area contributed by atoms with Crippen molar-refractivity contribution in [2.75, 3.05) is 13.1 Å². The Morgan fingerprint density at radius 3 is 2.80 bits per heavy atom. The van der Waals surface area contributed by atoms with Gasteiger partial charge in [-0.2, -0.15) is 0 Å². The van der Waals surface area contributed by atoms with Crippen molar-refractivity contribution < 1.29 is 0 Å². The van der Waals surface area contributed by atoms with Gasteiger partial charge in [0.1, 0.15) is 0 Å². The number of aromatic amines is 1. The van der Waals surface area contributed by atoms with Gasteiger partial charge in [-0.3, -0.25) is 0 Å². The molecule has 1 aliphatic carbocycles. The highest BCUT2D eigenvalue weighted by Gasteiger charge is 2.37. The van der Waals surface area contributed by atoms with Crippen LogP contribution in [0.3, 0.4) is 0 Å². The van der Waals surface area contributed by atoms with Gasteiger partial charge in [0.05, 0.1) is 0 Å². The highest BCUT2D eigenvalue weighted by atomic mass is 15.0. The second-order valence-electron chi connectivity index (χ2n) is 5.43. The van der Waals surface area contributed by atoms with Crippen LogP contribution in [0.25, 0.3) is 0 Å². The van der Waals surface area contributed by atoms with Gasteiger partial charge in [0.2, 0.25) is 0 Å². The van der Waals surface area contributed by atoms with E-state index in [0.29, 0.717) is 0 Å². The summed E-state index contributed by atoms with van der Waals surface area (Å²) in [6, 6.07) is 4.18. The van der Waals surface area contributed by atoms with Gasteiger partial charge in [-0.15, -0.1) is 0 Å². The minimum absolute atomic E-state index is 0.103. The van der Waals surface area contributed by atoms with Gasteiger partial charge in [0.15, 0.2) is 0 Å². The van der Waals surface area contributed by atoms with Crippen molar-refractivity contribution in [1.29, 1.82) is 0 Å². The van der Waals surface area contributed by atoms with Crippen molar-refractivity contribution >= 4 is 0 Å². The van der Waals surface area contributed by atoms with Gasteiger partial charge in [-0.25, -0.2) is 0 Å². The first-order valence-electron chi connectivity index (χ1n) is 5.65. The quantitative estimate of drug-likeness (QED) is 0.683. The van der Waals surface area contributed by atoms with E-state index in [1.54, 1.807) is 0 Å². The first-order chi connectivity index (χ1) is 7.02. The fourth-order valence-corrected chi connectivity index (χ4v) is 1.81. The van der Waals surface area contributed by atoms with E-state index >= 15 is 0 Å². The largest absolute Gasteiger partial charge is 0.365 e. The summed E-state index contributed by atoms with van der Waals surface area (Å²) < 4.78 is 0. The monoisotopic (exact) mass is 207 g/mol. The van der Waals surface area contributed by atoms with Gasteiger partial charge in [0.25, 0.3) is 0 Å². The van der Waals surface area contributed by atoms with E-state index in [0.717, 1.165) is 13.1 Å². The molecule has 0 aliphatic heterocycles. The summed E-state index contributed by atoms with van der Waals surface area (Å²) in [5.74, 6) is 0. The van der Waals surface area contributed by atoms with Crippen LogP contribution in [0.4, 0.5) is 0 Å². The molecule has 15 heavy (non-hydrogen) atoms. The Morgan fingerprint density at radius 1 is 1.53 bits per heavy atom. The van der Waals surface area contributed by atoms with Crippen molar-refractivity contribution in [2.24, 2.45) is 5.73 Å². The minimum Gasteiger partial charge on any atom is -0.365 e. The molecule has 0 radical (unpaired) electrons. The number of rotatable bonds is 5. The molecule has 0 saturated heterocycles. The summed E-state index contributed by atoms with van der Waals surface area (Å²) in [5, 5.41) is 3.47. The second-order valence-corrected chi connectivity index (χ2v) is 5.43. The average Bonchev–Trinajstić information content (AvgIpc) is 2.72. The Morgan fingerprint density at radius 2 is 2.27 bits per heavy atom. The van der Waals surface area contributed by atoms with Gasteiger partial charge < -0.3 is 16.0 Å². The van der Waals surface area contributed by atoms with Crippen molar-refractivity contribution in [3.63, 3.8) is 0 Å². The van der Waals surface area contributed by atoms with E-state index in [-0.39, 0.29) is 11.0 Å². The third-order valence-corrected chi connectivity index (χ3v) is 3.26. The lowest BCUT2D eigenvalue weighted by atomic mass is 9.89. The normalized spacial score (nSPS) is 19.1. The molecule has 0 aromatic carbocycles. The van der Waals surface area contributed by atoms with E-state index in [9.17, 15) is 0 Å². The molecule has 84 valence electrons. The highest BCUT2D eigenvalue weighted by molar-refractivity contribution is 5.15. The molecular weight excluding hydrogens is 186 g/mol. The van der Waals surface area contributed by atoms with E-state index in [1.165, 1.54) is 18.5 Å². The van der Waals surface area contributed by atoms with Gasteiger partial charge in [-0.05, 0) is 25.0 Å². The number of hydrogen-bond acceptors (Lipinski definition) is 2. The fraction of sp³-hybridized carbons (Fsp3) is 0.667. The Kier molecular flexibility index (Phi) is 2.61. The van der Waals surface area contributed by atoms with Crippen LogP contribution in [0.15, 0.2) is 18.3 Å². The first kappa shape index (κ1) is 10.7. The standard InChI is InChI=1S/C12H21N3/c1-11(2,10-4-3-7-15-10)8-14-9-12(13)5-6-12/h3-4,7,14-15H,5-6,8-9,13H2,1-2H3. The van der Waals surface area contributed by atoms with Gasteiger partial charge in [0, 0.05) is 35.9 Å². The maximum absolute atomic E-state index is 6.02. The highest BCUT2D eigenvalue weighted by Crippen LogP contribution is 2.31. The molecular formula is C12H21N3. The molecule has 1 aromatic rings. The van der Waals surface area contributed by atoms with E-state index in [1.807, 2.05) is 12.3 Å². The third kappa shape index (κ3) is 2.61. The Balaban J connectivity index is 1.82. The van der Waals surface area contributed by atoms with Crippen molar-refractivity contribution in [1.82, 2.24) is 10.3 Å². The molecule has 1 aromatic heterocycles. The lowest BCUT2D eigenvalue weighted by molar-refractivity contribution is 0.441. The summed E-state index contributed by atoms with van der Waals surface area (Å²) in [4.78, 5) is 3.27. The molecule has 1 heterocycles. The van der Waals surface area contributed by atoms with Crippen LogP contribution in [0.5, 0.6) is 0 Å². The second kappa shape index (κ2) is 3.65. The Bertz CT molecular complexity index is 310. The zero-order valence-corrected chi connectivity index (χ0v) is 9.64. The lowest BCUT2D eigenvalue weighted by Gasteiger charge is -2.25. The minimum atomic E-state index is 0.103. The van der Waals surface area contributed by atoms with Crippen LogP contribution in [-0.4, -0.2) is 23.6 Å². The number of nitrogens with two attached hydrogens (primary N) is 1. The summed E-state index contributed by atoms with van der Waals surface area (Å²) in [7, 11) is 0. The van der Waals surface area contributed by atoms with Crippen molar-refractivity contribution in [3.8, 4) is 0 Å². The molecule has 1 saturated carbocycles. The number of H-pyrrole nitrogens is 1. The summed E-state index contributed by atoms with van der Waals surface area (Å²) >= 11 is 0. The SMILES string of the molecule is CC(C)(CNCC1(N)CC1)c1ccc[nH]1. The Hall–Kier alpha value is -0.800. The van der Waals surface area contributed by atoms with Crippen LogP contribution in [-0.2, 0) is 5.41 Å². The van der Waals surface area contributed by atoms with Gasteiger partial charge in [-0.1, -0.05) is 13.8 Å². The van der Waals surface area contributed by atoms with Crippen LogP contribution in [0, 0.1) is 0 Å². The third-order valence-electron chi connectivity index (χ3n) is 3.26. The smallest absolute Gasteiger partial charge is 0.0282 e. The van der Waals surface area contributed by atoms with E-state index in [4.69, 9.17) is 5.73 Å². The molecule has 4 N–H and O–H groups in total. The Labute approximate surface area is 91.4 Å². The van der Waals surface area contributed by atoms with Crippen LogP contribution >= 0.6 is 0 Å². The molecule has 0 amide bonds. The lowest BCUT2D eigenvalue weighted by Crippen LogP contribution is -2.41. The number of hydrogen-bond donors (Lipinski definition) is 3. The zero-order chi connectivity index (χ0) is 10.9. The molecule has 3 heteroatoms. The van der Waals surface area contributed by atoms with Crippen molar-refractivity contribution in [2.45, 2.75) is 37.6 Å². The zero-order valence-electron chi connectivity index (χ0n) is 9.64. The average molecular weight is 207 g/mol. The molecule has 0 bridgehead atoms. The van der Waals surface area contributed by atoms with E-state index < -0.39 is 0 Å². The predicted octanol–water partition coefficient (Wildman–Crippen LogP) is 1.37. The molecule has 1 fully saturated rings. The van der Waals surface area contributed by atoms with Crippen molar-refractivity contribution in [3.05, 3.63) is 24.0 Å². The fourth-order valence-electron chi connectivity index (χ4n) is 1.81. The molecule has 0 atom stereocenters. The number of nitrogens with one attached hydrogen (secondary N) is 2. The number of aromatic nitrogens is 1. The first-order valence-corrected chi connectivity index (χ1v) is 5.65. The topological polar surface area (TPSA) is 53.8 Å². The maximum Gasteiger partial charge on any atom is 0.0282 e. The van der Waals surface area contributed by atoms with Crippen LogP contribution in [0.2, 0.25) is 0 Å². The molecule has 2 rings (SSSR count). The molecule has 3 nitrogen and oxygen atoms in total. The van der Waals surface area contributed by atoms with Gasteiger partial charge >= 0.3 is 0 Å². The van der Waals surface area contributed by atoms with Crippen LogP contribution < -0.4 is 11.1 Å². The molecule has 0 spiro atoms. The maximum atomic E-state index is 6.02. The predicted molar refractivity (Wildman–Crippen MR) is 62.8 cm³/mol. The molecule has 0 unspecified atom stereocenters. The van der Waals surface area contributed by atoms with Crippen LogP contribution in [0.1, 0.15) is 32.4 Å².